The van der Waals surface area contributed by atoms with Gasteiger partial charge in [-0.05, 0) is 11.6 Å². The fourth-order valence-corrected chi connectivity index (χ4v) is 2.39. The Bertz CT molecular complexity index is 304. The molecule has 2 rings (SSSR count). The molecule has 1 atom stereocenters. The van der Waals surface area contributed by atoms with Crippen LogP contribution in [0.4, 0.5) is 0 Å². The van der Waals surface area contributed by atoms with Crippen LogP contribution in [0.25, 0.3) is 0 Å². The van der Waals surface area contributed by atoms with Crippen LogP contribution >= 0.6 is 11.8 Å². The first-order valence-electron chi connectivity index (χ1n) is 3.53. The second-order valence-electron chi connectivity index (χ2n) is 2.54. The van der Waals surface area contributed by atoms with Crippen molar-refractivity contribution in [3.63, 3.8) is 0 Å². The maximum absolute atomic E-state index is 8.45. The largest absolute Gasteiger partial charge is 0.198 e. The van der Waals surface area contributed by atoms with E-state index < -0.39 is 0 Å². The quantitative estimate of drug-likeness (QED) is 0.589. The number of hydrogen-bond donors (Lipinski definition) is 0. The summed E-state index contributed by atoms with van der Waals surface area (Å²) in [7, 11) is 0. The van der Waals surface area contributed by atoms with Crippen LogP contribution in [0.15, 0.2) is 34.8 Å². The molecule has 0 amide bonds. The third kappa shape index (κ3) is 1.12. The number of nitrogens with zero attached hydrogens (tertiary/aromatic N) is 1. The van der Waals surface area contributed by atoms with Gasteiger partial charge in [0.1, 0.15) is 0 Å². The highest BCUT2D eigenvalue weighted by atomic mass is 32.2. The van der Waals surface area contributed by atoms with Gasteiger partial charge in [-0.15, -0.1) is 11.8 Å². The Balaban J connectivity index is 2.16. The highest BCUT2D eigenvalue weighted by Gasteiger charge is 2.21. The Kier molecular flexibility index (Phi) is 1.59. The van der Waals surface area contributed by atoms with Gasteiger partial charge in [0.05, 0.1) is 17.7 Å². The van der Waals surface area contributed by atoms with E-state index in [9.17, 15) is 0 Å². The molecule has 2 aliphatic rings. The molecular formula is C9H7NS. The predicted octanol–water partition coefficient (Wildman–Crippen LogP) is 2.40. The second kappa shape index (κ2) is 2.60. The van der Waals surface area contributed by atoms with Crippen molar-refractivity contribution in [1.29, 1.82) is 5.26 Å². The summed E-state index contributed by atoms with van der Waals surface area (Å²) in [6.07, 6.45) is 9.04. The summed E-state index contributed by atoms with van der Waals surface area (Å²) < 4.78 is 0. The van der Waals surface area contributed by atoms with E-state index in [-0.39, 0.29) is 0 Å². The van der Waals surface area contributed by atoms with Gasteiger partial charge in [0.2, 0.25) is 0 Å². The number of nitriles is 1. The Morgan fingerprint density at radius 2 is 2.55 bits per heavy atom. The summed E-state index contributed by atoms with van der Waals surface area (Å²) in [5, 5.41) is 8.96. The molecule has 0 saturated heterocycles. The zero-order chi connectivity index (χ0) is 7.68. The molecular weight excluding hydrogens is 154 g/mol. The van der Waals surface area contributed by atoms with E-state index in [0.29, 0.717) is 11.7 Å². The molecule has 54 valence electrons. The molecule has 1 aliphatic carbocycles. The average molecular weight is 161 g/mol. The topological polar surface area (TPSA) is 23.8 Å². The van der Waals surface area contributed by atoms with Crippen LogP contribution in [0, 0.1) is 11.3 Å². The molecule has 0 aromatic heterocycles. The first-order chi connectivity index (χ1) is 5.40. The van der Waals surface area contributed by atoms with Crippen LogP contribution in [-0.2, 0) is 0 Å². The smallest absolute Gasteiger partial charge is 0.0675 e. The van der Waals surface area contributed by atoms with Crippen molar-refractivity contribution in [3.05, 3.63) is 34.8 Å². The minimum absolute atomic E-state index is 0.512. The summed E-state index contributed by atoms with van der Waals surface area (Å²) in [6.45, 7) is 0. The summed E-state index contributed by atoms with van der Waals surface area (Å²) in [4.78, 5) is 1.20. The third-order valence-electron chi connectivity index (χ3n) is 1.76. The van der Waals surface area contributed by atoms with Gasteiger partial charge in [0, 0.05) is 4.91 Å². The van der Waals surface area contributed by atoms with Gasteiger partial charge in [-0.2, -0.15) is 5.26 Å². The van der Waals surface area contributed by atoms with Crippen molar-refractivity contribution >= 4 is 11.8 Å². The van der Waals surface area contributed by atoms with Gasteiger partial charge in [0.15, 0.2) is 0 Å². The fourth-order valence-electron chi connectivity index (χ4n) is 1.26. The van der Waals surface area contributed by atoms with Crippen molar-refractivity contribution < 1.29 is 0 Å². The Labute approximate surface area is 70.1 Å². The van der Waals surface area contributed by atoms with E-state index >= 15 is 0 Å². The molecule has 0 saturated carbocycles. The second-order valence-corrected chi connectivity index (χ2v) is 3.80. The van der Waals surface area contributed by atoms with Crippen LogP contribution in [-0.4, -0.2) is 5.25 Å². The molecule has 2 heteroatoms. The van der Waals surface area contributed by atoms with Crippen molar-refractivity contribution in [3.8, 4) is 6.07 Å². The molecule has 0 fully saturated rings. The highest BCUT2D eigenvalue weighted by molar-refractivity contribution is 8.04. The number of fused-ring (bicyclic) bond motifs is 1. The monoisotopic (exact) mass is 161 g/mol. The number of hydrogen-bond acceptors (Lipinski definition) is 2. The first-order valence-corrected chi connectivity index (χ1v) is 4.40. The van der Waals surface area contributed by atoms with Crippen molar-refractivity contribution in [2.45, 2.75) is 11.7 Å². The van der Waals surface area contributed by atoms with Crippen LogP contribution in [0.5, 0.6) is 0 Å². The highest BCUT2D eigenvalue weighted by Crippen LogP contribution is 2.40. The molecule has 0 radical (unpaired) electrons. The van der Waals surface area contributed by atoms with E-state index in [2.05, 4.69) is 30.4 Å². The normalized spacial score (nSPS) is 25.9. The Morgan fingerprint density at radius 1 is 1.64 bits per heavy atom. The number of thioether (sulfide) groups is 1. The zero-order valence-electron chi connectivity index (χ0n) is 5.95. The third-order valence-corrected chi connectivity index (χ3v) is 3.01. The van der Waals surface area contributed by atoms with Gasteiger partial charge in [-0.1, -0.05) is 18.2 Å². The zero-order valence-corrected chi connectivity index (χ0v) is 6.77. The van der Waals surface area contributed by atoms with Gasteiger partial charge in [-0.3, -0.25) is 0 Å². The number of rotatable bonds is 1. The maximum atomic E-state index is 8.45. The van der Waals surface area contributed by atoms with Crippen molar-refractivity contribution in [2.24, 2.45) is 0 Å². The SMILES string of the molecule is N#CCC1=CC2=CC=CC2S1. The first kappa shape index (κ1) is 6.75. The van der Waals surface area contributed by atoms with Gasteiger partial charge < -0.3 is 0 Å². The Morgan fingerprint density at radius 3 is 3.27 bits per heavy atom. The lowest BCUT2D eigenvalue weighted by molar-refractivity contribution is 1.33. The van der Waals surface area contributed by atoms with E-state index in [4.69, 9.17) is 5.26 Å². The van der Waals surface area contributed by atoms with E-state index in [1.807, 2.05) is 0 Å². The van der Waals surface area contributed by atoms with E-state index in [0.717, 1.165) is 0 Å². The minimum Gasteiger partial charge on any atom is -0.198 e. The van der Waals surface area contributed by atoms with E-state index in [1.165, 1.54) is 10.5 Å². The average Bonchev–Trinajstić information content (AvgIpc) is 2.46. The van der Waals surface area contributed by atoms with Crippen molar-refractivity contribution in [2.75, 3.05) is 0 Å². The van der Waals surface area contributed by atoms with E-state index in [1.54, 1.807) is 11.8 Å². The van der Waals surface area contributed by atoms with Gasteiger partial charge in [-0.25, -0.2) is 0 Å². The van der Waals surface area contributed by atoms with Crippen LogP contribution in [0.2, 0.25) is 0 Å². The van der Waals surface area contributed by atoms with Crippen LogP contribution in [0.1, 0.15) is 6.42 Å². The predicted molar refractivity (Wildman–Crippen MR) is 46.9 cm³/mol. The molecule has 0 aromatic rings. The molecule has 0 spiro atoms. The molecule has 1 unspecified atom stereocenters. The molecule has 11 heavy (non-hydrogen) atoms. The maximum Gasteiger partial charge on any atom is 0.0675 e. The summed E-state index contributed by atoms with van der Waals surface area (Å²) in [5.41, 5.74) is 1.35. The number of allylic oxidation sites excluding steroid dienone is 4. The summed E-state index contributed by atoms with van der Waals surface area (Å²) in [6, 6.07) is 2.16. The molecule has 1 aliphatic heterocycles. The lowest BCUT2D eigenvalue weighted by atomic mass is 10.2. The van der Waals surface area contributed by atoms with Gasteiger partial charge in [0.25, 0.3) is 0 Å². The van der Waals surface area contributed by atoms with Gasteiger partial charge >= 0.3 is 0 Å². The molecule has 0 N–H and O–H groups in total. The van der Waals surface area contributed by atoms with Crippen LogP contribution < -0.4 is 0 Å². The standard InChI is InChI=1S/C9H7NS/c10-5-4-8-6-7-2-1-3-9(7)11-8/h1-3,6,9H,4H2. The molecule has 1 heterocycles. The Hall–Kier alpha value is -0.940. The molecule has 0 bridgehead atoms. The van der Waals surface area contributed by atoms with Crippen LogP contribution in [0.3, 0.4) is 0 Å². The lowest BCUT2D eigenvalue weighted by Gasteiger charge is -1.99. The lowest BCUT2D eigenvalue weighted by Crippen LogP contribution is -1.89. The molecule has 0 aromatic carbocycles. The minimum atomic E-state index is 0.512. The summed E-state index contributed by atoms with van der Waals surface area (Å²) in [5.74, 6) is 0. The fraction of sp³-hybridized carbons (Fsp3) is 0.222. The van der Waals surface area contributed by atoms with Crippen molar-refractivity contribution in [1.82, 2.24) is 0 Å². The molecule has 1 nitrogen and oxygen atoms in total. The summed E-state index contributed by atoms with van der Waals surface area (Å²) >= 11 is 1.79.